The van der Waals surface area contributed by atoms with Gasteiger partial charge in [0, 0.05) is 16.7 Å². The Labute approximate surface area is 179 Å². The molecule has 0 atom stereocenters. The van der Waals surface area contributed by atoms with Crippen molar-refractivity contribution >= 4 is 11.9 Å². The third-order valence-electron chi connectivity index (χ3n) is 5.92. The number of phenolic OH excluding ortho intramolecular Hbond substituents is 2. The predicted octanol–water partition coefficient (Wildman–Crippen LogP) is 4.49. The molecule has 1 aliphatic heterocycles. The monoisotopic (exact) mass is 418 g/mol. The van der Waals surface area contributed by atoms with Crippen molar-refractivity contribution < 1.29 is 29.6 Å². The maximum atomic E-state index is 13.0. The van der Waals surface area contributed by atoms with Crippen LogP contribution in [0, 0.1) is 27.7 Å². The Bertz CT molecular complexity index is 1170. The first-order valence-corrected chi connectivity index (χ1v) is 9.79. The van der Waals surface area contributed by atoms with E-state index in [1.54, 1.807) is 64.1 Å². The number of cyclic esters (lactones) is 1. The number of carboxylic acid groups (broad SMARTS) is 1. The van der Waals surface area contributed by atoms with Crippen molar-refractivity contribution in [2.45, 2.75) is 33.3 Å². The second kappa shape index (κ2) is 6.87. The first-order valence-electron chi connectivity index (χ1n) is 9.79. The summed E-state index contributed by atoms with van der Waals surface area (Å²) in [4.78, 5) is 24.9. The van der Waals surface area contributed by atoms with Gasteiger partial charge in [0.15, 0.2) is 5.60 Å². The molecule has 0 radical (unpaired) electrons. The molecule has 3 aromatic rings. The molecule has 0 saturated carbocycles. The summed E-state index contributed by atoms with van der Waals surface area (Å²) in [5.41, 5.74) is 2.40. The van der Waals surface area contributed by atoms with Crippen LogP contribution in [-0.4, -0.2) is 27.3 Å². The van der Waals surface area contributed by atoms with Gasteiger partial charge in [-0.2, -0.15) is 0 Å². The summed E-state index contributed by atoms with van der Waals surface area (Å²) in [6.45, 7) is 6.99. The molecule has 0 bridgehead atoms. The smallest absolute Gasteiger partial charge is 0.341 e. The van der Waals surface area contributed by atoms with Crippen molar-refractivity contribution in [3.8, 4) is 11.5 Å². The number of ether oxygens (including phenoxy) is 1. The molecule has 0 fully saturated rings. The number of aromatic carboxylic acids is 1. The van der Waals surface area contributed by atoms with Crippen LogP contribution < -0.4 is 0 Å². The lowest BCUT2D eigenvalue weighted by molar-refractivity contribution is 0.0248. The fourth-order valence-corrected chi connectivity index (χ4v) is 4.40. The normalized spacial score (nSPS) is 14.3. The molecule has 0 unspecified atom stereocenters. The van der Waals surface area contributed by atoms with Gasteiger partial charge >= 0.3 is 11.9 Å². The highest BCUT2D eigenvalue weighted by Crippen LogP contribution is 2.50. The number of aromatic hydroxyl groups is 2. The zero-order valence-electron chi connectivity index (χ0n) is 17.6. The lowest BCUT2D eigenvalue weighted by atomic mass is 9.77. The molecule has 1 aliphatic rings. The summed E-state index contributed by atoms with van der Waals surface area (Å²) in [6, 6.07) is 11.6. The van der Waals surface area contributed by atoms with E-state index in [9.17, 15) is 24.9 Å². The Morgan fingerprint density at radius 3 is 1.71 bits per heavy atom. The van der Waals surface area contributed by atoms with Crippen LogP contribution in [0.25, 0.3) is 0 Å². The number of carbonyl (C=O) groups excluding carboxylic acids is 1. The standard InChI is InChI=1S/C25H22O6/c1-12-8-16(9-13(2)21(12)26)25(17-10-14(3)22(27)15(4)11-17)19-7-5-6-18(23(28)29)20(19)24(30)31-25/h5-11,26-27H,1-4H3,(H,28,29). The molecule has 0 aliphatic carbocycles. The second-order valence-electron chi connectivity index (χ2n) is 8.02. The highest BCUT2D eigenvalue weighted by Gasteiger charge is 2.50. The molecule has 0 saturated heterocycles. The van der Waals surface area contributed by atoms with Crippen LogP contribution in [0.1, 0.15) is 59.7 Å². The third kappa shape index (κ3) is 2.86. The zero-order valence-corrected chi connectivity index (χ0v) is 17.6. The molecule has 0 aromatic heterocycles. The Morgan fingerprint density at radius 2 is 1.29 bits per heavy atom. The summed E-state index contributed by atoms with van der Waals surface area (Å²) in [6.07, 6.45) is 0. The molecule has 0 spiro atoms. The Morgan fingerprint density at radius 1 is 0.839 bits per heavy atom. The summed E-state index contributed by atoms with van der Waals surface area (Å²) < 4.78 is 6.02. The third-order valence-corrected chi connectivity index (χ3v) is 5.92. The van der Waals surface area contributed by atoms with E-state index in [4.69, 9.17) is 4.74 Å². The fourth-order valence-electron chi connectivity index (χ4n) is 4.40. The lowest BCUT2D eigenvalue weighted by Crippen LogP contribution is -2.30. The topological polar surface area (TPSA) is 104 Å². The van der Waals surface area contributed by atoms with Crippen LogP contribution >= 0.6 is 0 Å². The van der Waals surface area contributed by atoms with E-state index in [1.165, 1.54) is 6.07 Å². The molecule has 6 nitrogen and oxygen atoms in total. The second-order valence-corrected chi connectivity index (χ2v) is 8.02. The molecule has 4 rings (SSSR count). The molecule has 6 heteroatoms. The maximum Gasteiger partial charge on any atom is 0.341 e. The van der Waals surface area contributed by atoms with E-state index >= 15 is 0 Å². The molecule has 158 valence electrons. The number of benzene rings is 3. The van der Waals surface area contributed by atoms with Crippen molar-refractivity contribution in [3.63, 3.8) is 0 Å². The van der Waals surface area contributed by atoms with Crippen molar-refractivity contribution in [1.29, 1.82) is 0 Å². The van der Waals surface area contributed by atoms with E-state index in [0.717, 1.165) is 0 Å². The minimum Gasteiger partial charge on any atom is -0.507 e. The highest BCUT2D eigenvalue weighted by atomic mass is 16.6. The van der Waals surface area contributed by atoms with Gasteiger partial charge < -0.3 is 20.1 Å². The van der Waals surface area contributed by atoms with Gasteiger partial charge in [-0.1, -0.05) is 12.1 Å². The maximum absolute atomic E-state index is 13.0. The Balaban J connectivity index is 2.16. The number of carboxylic acids is 1. The quantitative estimate of drug-likeness (QED) is 0.542. The molecule has 31 heavy (non-hydrogen) atoms. The van der Waals surface area contributed by atoms with Crippen LogP contribution in [0.15, 0.2) is 42.5 Å². The average Bonchev–Trinajstić information content (AvgIpc) is 3.03. The van der Waals surface area contributed by atoms with E-state index in [1.807, 2.05) is 0 Å². The van der Waals surface area contributed by atoms with Gasteiger partial charge in [0.2, 0.25) is 0 Å². The van der Waals surface area contributed by atoms with Crippen molar-refractivity contribution in [1.82, 2.24) is 0 Å². The van der Waals surface area contributed by atoms with E-state index < -0.39 is 17.5 Å². The summed E-state index contributed by atoms with van der Waals surface area (Å²) in [7, 11) is 0. The van der Waals surface area contributed by atoms with Crippen LogP contribution in [0.3, 0.4) is 0 Å². The fraction of sp³-hybridized carbons (Fsp3) is 0.200. The van der Waals surface area contributed by atoms with E-state index in [-0.39, 0.29) is 22.6 Å². The first-order chi connectivity index (χ1) is 14.6. The Kier molecular flexibility index (Phi) is 4.54. The van der Waals surface area contributed by atoms with Crippen LogP contribution in [0.2, 0.25) is 0 Å². The molecule has 0 amide bonds. The average molecular weight is 418 g/mol. The minimum atomic E-state index is -1.43. The van der Waals surface area contributed by atoms with Gasteiger partial charge in [-0.05, 0) is 80.3 Å². The summed E-state index contributed by atoms with van der Waals surface area (Å²) in [5, 5.41) is 30.3. The van der Waals surface area contributed by atoms with Crippen molar-refractivity contribution in [2.24, 2.45) is 0 Å². The number of aryl methyl sites for hydroxylation is 4. The van der Waals surface area contributed by atoms with Crippen molar-refractivity contribution in [2.75, 3.05) is 0 Å². The number of rotatable bonds is 3. The van der Waals surface area contributed by atoms with Gasteiger partial charge in [0.25, 0.3) is 0 Å². The van der Waals surface area contributed by atoms with Gasteiger partial charge in [-0.25, -0.2) is 9.59 Å². The summed E-state index contributed by atoms with van der Waals surface area (Å²) >= 11 is 0. The molecule has 1 heterocycles. The largest absolute Gasteiger partial charge is 0.507 e. The number of carbonyl (C=O) groups is 2. The van der Waals surface area contributed by atoms with Crippen LogP contribution in [0.5, 0.6) is 11.5 Å². The van der Waals surface area contributed by atoms with Gasteiger partial charge in [0.1, 0.15) is 11.5 Å². The number of hydrogen-bond acceptors (Lipinski definition) is 5. The lowest BCUT2D eigenvalue weighted by Gasteiger charge is -2.32. The number of esters is 1. The number of phenols is 2. The minimum absolute atomic E-state index is 0.00163. The number of fused-ring (bicyclic) bond motifs is 1. The molecular formula is C25H22O6. The van der Waals surface area contributed by atoms with Gasteiger partial charge in [-0.3, -0.25) is 0 Å². The first kappa shape index (κ1) is 20.5. The van der Waals surface area contributed by atoms with Crippen LogP contribution in [0.4, 0.5) is 0 Å². The van der Waals surface area contributed by atoms with Crippen LogP contribution in [-0.2, 0) is 10.3 Å². The molecule has 3 aromatic carbocycles. The SMILES string of the molecule is Cc1cc(C2(c3cc(C)c(O)c(C)c3)OC(=O)c3c(C(=O)O)cccc32)cc(C)c1O. The van der Waals surface area contributed by atoms with Crippen molar-refractivity contribution in [3.05, 3.63) is 92.5 Å². The van der Waals surface area contributed by atoms with E-state index in [2.05, 4.69) is 0 Å². The summed E-state index contributed by atoms with van der Waals surface area (Å²) in [5.74, 6) is -1.68. The van der Waals surface area contributed by atoms with E-state index in [0.29, 0.717) is 38.9 Å². The predicted molar refractivity (Wildman–Crippen MR) is 114 cm³/mol. The zero-order chi connectivity index (χ0) is 22.7. The van der Waals surface area contributed by atoms with Gasteiger partial charge in [-0.15, -0.1) is 0 Å². The Hall–Kier alpha value is -3.80. The molecule has 3 N–H and O–H groups in total. The number of hydrogen-bond donors (Lipinski definition) is 3. The highest BCUT2D eigenvalue weighted by molar-refractivity contribution is 6.06. The molecular weight excluding hydrogens is 396 g/mol. The van der Waals surface area contributed by atoms with Gasteiger partial charge in [0.05, 0.1) is 11.1 Å².